The number of carbonyl (C=O) groups is 1. The van der Waals surface area contributed by atoms with E-state index < -0.39 is 5.97 Å². The van der Waals surface area contributed by atoms with Crippen molar-refractivity contribution in [2.24, 2.45) is 0 Å². The number of nitrogens with one attached hydrogen (secondary N) is 1. The van der Waals surface area contributed by atoms with Crippen LogP contribution >= 0.6 is 0 Å². The smallest absolute Gasteiger partial charge is 0.339 e. The van der Waals surface area contributed by atoms with E-state index >= 15 is 0 Å². The molecule has 26 heavy (non-hydrogen) atoms. The van der Waals surface area contributed by atoms with Crippen LogP contribution in [0.2, 0.25) is 0 Å². The van der Waals surface area contributed by atoms with Crippen LogP contribution in [-0.2, 0) is 6.54 Å². The zero-order valence-electron chi connectivity index (χ0n) is 14.6. The molecule has 0 atom stereocenters. The second-order valence-electron chi connectivity index (χ2n) is 5.76. The topological polar surface area (TPSA) is 84.3 Å². The van der Waals surface area contributed by atoms with Crippen LogP contribution < -0.4 is 10.1 Å². The number of rotatable bonds is 6. The average Bonchev–Trinajstić information content (AvgIpc) is 2.67. The molecule has 1 aromatic carbocycles. The second-order valence-corrected chi connectivity index (χ2v) is 5.76. The van der Waals surface area contributed by atoms with Gasteiger partial charge in [-0.1, -0.05) is 12.1 Å². The van der Waals surface area contributed by atoms with Gasteiger partial charge in [0.15, 0.2) is 0 Å². The minimum Gasteiger partial charge on any atom is -0.497 e. The molecule has 132 valence electrons. The lowest BCUT2D eigenvalue weighted by Crippen LogP contribution is -2.10. The zero-order valence-corrected chi connectivity index (χ0v) is 14.6. The van der Waals surface area contributed by atoms with Gasteiger partial charge >= 0.3 is 5.97 Å². The molecule has 0 saturated heterocycles. The Kier molecular flexibility index (Phi) is 5.12. The Labute approximate surface area is 151 Å². The van der Waals surface area contributed by atoms with Gasteiger partial charge in [-0.15, -0.1) is 0 Å². The number of carboxylic acids is 1. The quantitative estimate of drug-likeness (QED) is 0.705. The number of hydrogen-bond acceptors (Lipinski definition) is 5. The second kappa shape index (κ2) is 7.65. The van der Waals surface area contributed by atoms with E-state index in [4.69, 9.17) is 4.74 Å². The first kappa shape index (κ1) is 17.4. The van der Waals surface area contributed by atoms with Gasteiger partial charge in [-0.05, 0) is 48.4 Å². The molecule has 0 unspecified atom stereocenters. The van der Waals surface area contributed by atoms with Crippen LogP contribution in [0.1, 0.15) is 21.6 Å². The van der Waals surface area contributed by atoms with Crippen LogP contribution in [0.3, 0.4) is 0 Å². The number of methoxy groups -OCH3 is 1. The van der Waals surface area contributed by atoms with Gasteiger partial charge in [0.1, 0.15) is 17.1 Å². The van der Waals surface area contributed by atoms with Gasteiger partial charge in [0, 0.05) is 30.2 Å². The molecule has 0 bridgehead atoms. The van der Waals surface area contributed by atoms with Gasteiger partial charge in [0.05, 0.1) is 7.11 Å². The van der Waals surface area contributed by atoms with Gasteiger partial charge in [-0.2, -0.15) is 0 Å². The minimum absolute atomic E-state index is 0.135. The summed E-state index contributed by atoms with van der Waals surface area (Å²) in [5, 5.41) is 12.7. The molecule has 0 aliphatic heterocycles. The molecule has 0 saturated carbocycles. The maximum atomic E-state index is 11.7. The Morgan fingerprint density at radius 3 is 2.46 bits per heavy atom. The summed E-state index contributed by atoms with van der Waals surface area (Å²) in [7, 11) is 1.61. The number of aryl methyl sites for hydroxylation is 1. The molecule has 0 radical (unpaired) electrons. The standard InChI is InChI=1S/C20H19N3O3/c1-13-17(15-7-9-21-10-8-15)11-18(20(24)25)19(23-13)22-12-14-3-5-16(26-2)6-4-14/h3-11H,12H2,1-2H3,(H,22,23)(H,24,25). The van der Waals surface area contributed by atoms with Crippen molar-refractivity contribution in [1.29, 1.82) is 0 Å². The highest BCUT2D eigenvalue weighted by Gasteiger charge is 2.16. The van der Waals surface area contributed by atoms with E-state index in [1.807, 2.05) is 43.3 Å². The van der Waals surface area contributed by atoms with Crippen molar-refractivity contribution < 1.29 is 14.6 Å². The van der Waals surface area contributed by atoms with Gasteiger partial charge in [0.2, 0.25) is 0 Å². The largest absolute Gasteiger partial charge is 0.497 e. The summed E-state index contributed by atoms with van der Waals surface area (Å²) in [5.41, 5.74) is 3.54. The Balaban J connectivity index is 1.88. The van der Waals surface area contributed by atoms with E-state index in [0.29, 0.717) is 12.4 Å². The predicted octanol–water partition coefficient (Wildman–Crippen LogP) is 3.77. The monoisotopic (exact) mass is 349 g/mol. The third-order valence-electron chi connectivity index (χ3n) is 4.05. The molecule has 2 N–H and O–H groups in total. The lowest BCUT2D eigenvalue weighted by molar-refractivity contribution is 0.0697. The zero-order chi connectivity index (χ0) is 18.5. The molecule has 0 amide bonds. The lowest BCUT2D eigenvalue weighted by Gasteiger charge is -2.13. The lowest BCUT2D eigenvalue weighted by atomic mass is 10.0. The van der Waals surface area contributed by atoms with Crippen LogP contribution in [0.25, 0.3) is 11.1 Å². The fourth-order valence-corrected chi connectivity index (χ4v) is 2.66. The number of ether oxygens (including phenoxy) is 1. The summed E-state index contributed by atoms with van der Waals surface area (Å²) in [4.78, 5) is 20.2. The molecule has 3 aromatic rings. The molecule has 0 aliphatic carbocycles. The number of benzene rings is 1. The minimum atomic E-state index is -1.02. The summed E-state index contributed by atoms with van der Waals surface area (Å²) in [5.74, 6) is 0.101. The first-order valence-electron chi connectivity index (χ1n) is 8.10. The Morgan fingerprint density at radius 1 is 1.15 bits per heavy atom. The van der Waals surface area contributed by atoms with E-state index in [9.17, 15) is 9.90 Å². The SMILES string of the molecule is COc1ccc(CNc2nc(C)c(-c3ccncc3)cc2C(=O)O)cc1. The van der Waals surface area contributed by atoms with Crippen LogP contribution in [0.5, 0.6) is 5.75 Å². The summed E-state index contributed by atoms with van der Waals surface area (Å²) in [6.07, 6.45) is 3.34. The first-order valence-corrected chi connectivity index (χ1v) is 8.10. The number of aromatic nitrogens is 2. The highest BCUT2D eigenvalue weighted by atomic mass is 16.5. The summed E-state index contributed by atoms with van der Waals surface area (Å²) in [6.45, 7) is 2.32. The molecular formula is C20H19N3O3. The fourth-order valence-electron chi connectivity index (χ4n) is 2.66. The molecule has 0 fully saturated rings. The first-order chi connectivity index (χ1) is 12.6. The average molecular weight is 349 g/mol. The van der Waals surface area contributed by atoms with Crippen molar-refractivity contribution in [2.75, 3.05) is 12.4 Å². The molecule has 2 heterocycles. The van der Waals surface area contributed by atoms with Crippen molar-refractivity contribution in [3.8, 4) is 16.9 Å². The van der Waals surface area contributed by atoms with Crippen LogP contribution in [-0.4, -0.2) is 28.2 Å². The van der Waals surface area contributed by atoms with E-state index in [1.54, 1.807) is 25.6 Å². The highest BCUT2D eigenvalue weighted by Crippen LogP contribution is 2.27. The fraction of sp³-hybridized carbons (Fsp3) is 0.150. The van der Waals surface area contributed by atoms with Crippen molar-refractivity contribution in [3.05, 3.63) is 71.7 Å². The van der Waals surface area contributed by atoms with Gasteiger partial charge < -0.3 is 15.2 Å². The van der Waals surface area contributed by atoms with Crippen LogP contribution in [0.15, 0.2) is 54.9 Å². The molecule has 2 aromatic heterocycles. The number of pyridine rings is 2. The van der Waals surface area contributed by atoms with E-state index in [-0.39, 0.29) is 5.56 Å². The molecule has 6 nitrogen and oxygen atoms in total. The summed E-state index contributed by atoms with van der Waals surface area (Å²) >= 11 is 0. The molecular weight excluding hydrogens is 330 g/mol. The third-order valence-corrected chi connectivity index (χ3v) is 4.05. The van der Waals surface area contributed by atoms with Gasteiger partial charge in [-0.3, -0.25) is 4.98 Å². The number of carboxylic acid groups (broad SMARTS) is 1. The van der Waals surface area contributed by atoms with Crippen molar-refractivity contribution in [3.63, 3.8) is 0 Å². The van der Waals surface area contributed by atoms with E-state index in [1.165, 1.54) is 0 Å². The number of hydrogen-bond donors (Lipinski definition) is 2. The van der Waals surface area contributed by atoms with Crippen LogP contribution in [0.4, 0.5) is 5.82 Å². The summed E-state index contributed by atoms with van der Waals surface area (Å²) < 4.78 is 5.14. The Hall–Kier alpha value is -3.41. The summed E-state index contributed by atoms with van der Waals surface area (Å²) in [6, 6.07) is 12.9. The highest BCUT2D eigenvalue weighted by molar-refractivity contribution is 5.95. The molecule has 3 rings (SSSR count). The number of nitrogens with zero attached hydrogens (tertiary/aromatic N) is 2. The number of anilines is 1. The van der Waals surface area contributed by atoms with Crippen molar-refractivity contribution in [2.45, 2.75) is 13.5 Å². The van der Waals surface area contributed by atoms with Crippen molar-refractivity contribution >= 4 is 11.8 Å². The van der Waals surface area contributed by atoms with Gasteiger partial charge in [-0.25, -0.2) is 9.78 Å². The molecule has 0 spiro atoms. The molecule has 6 heteroatoms. The predicted molar refractivity (Wildman–Crippen MR) is 99.5 cm³/mol. The maximum Gasteiger partial charge on any atom is 0.339 e. The Bertz CT molecular complexity index is 910. The van der Waals surface area contributed by atoms with Crippen molar-refractivity contribution in [1.82, 2.24) is 9.97 Å². The third kappa shape index (κ3) is 3.80. The maximum absolute atomic E-state index is 11.7. The molecule has 0 aliphatic rings. The van der Waals surface area contributed by atoms with E-state index in [2.05, 4.69) is 15.3 Å². The normalized spacial score (nSPS) is 10.4. The van der Waals surface area contributed by atoms with Gasteiger partial charge in [0.25, 0.3) is 0 Å². The van der Waals surface area contributed by atoms with Crippen LogP contribution in [0, 0.1) is 6.92 Å². The van der Waals surface area contributed by atoms with E-state index in [0.717, 1.165) is 28.1 Å². The Morgan fingerprint density at radius 2 is 1.85 bits per heavy atom. The number of aromatic carboxylic acids is 1.